The topological polar surface area (TPSA) is 35.5 Å². The van der Waals surface area contributed by atoms with Gasteiger partial charge < -0.3 is 9.47 Å². The Balaban J connectivity index is 1.58. The molecule has 0 amide bonds. The van der Waals surface area contributed by atoms with Crippen LogP contribution in [0.25, 0.3) is 6.08 Å². The minimum Gasteiger partial charge on any atom is -0.489 e. The first-order chi connectivity index (χ1) is 13.5. The molecule has 0 fully saturated rings. The third kappa shape index (κ3) is 3.71. The molecule has 0 aromatic heterocycles. The second-order valence-electron chi connectivity index (χ2n) is 6.49. The van der Waals surface area contributed by atoms with E-state index in [1.165, 1.54) is 12.1 Å². The predicted molar refractivity (Wildman–Crippen MR) is 109 cm³/mol. The fourth-order valence-corrected chi connectivity index (χ4v) is 3.49. The smallest absolute Gasteiger partial charge is 0.232 e. The van der Waals surface area contributed by atoms with Crippen molar-refractivity contribution in [3.63, 3.8) is 0 Å². The molecule has 0 atom stereocenters. The van der Waals surface area contributed by atoms with Gasteiger partial charge in [-0.05, 0) is 54.0 Å². The quantitative estimate of drug-likeness (QED) is 0.462. The van der Waals surface area contributed by atoms with Gasteiger partial charge in [-0.1, -0.05) is 46.3 Å². The van der Waals surface area contributed by atoms with E-state index in [0.717, 1.165) is 21.2 Å². The summed E-state index contributed by atoms with van der Waals surface area (Å²) in [5.74, 6) is 0.849. The van der Waals surface area contributed by atoms with E-state index in [2.05, 4.69) is 15.9 Å². The van der Waals surface area contributed by atoms with Crippen LogP contribution in [0.3, 0.4) is 0 Å². The zero-order chi connectivity index (χ0) is 19.7. The highest BCUT2D eigenvalue weighted by atomic mass is 79.9. The van der Waals surface area contributed by atoms with Crippen LogP contribution in [0.5, 0.6) is 11.5 Å². The van der Waals surface area contributed by atoms with Crippen molar-refractivity contribution in [2.24, 2.45) is 0 Å². The van der Waals surface area contributed by atoms with Crippen LogP contribution in [0.1, 0.15) is 27.0 Å². The van der Waals surface area contributed by atoms with Crippen molar-refractivity contribution in [1.29, 1.82) is 0 Å². The molecule has 0 unspecified atom stereocenters. The summed E-state index contributed by atoms with van der Waals surface area (Å²) in [6.07, 6.45) is 1.72. The Morgan fingerprint density at radius 1 is 1.11 bits per heavy atom. The molecule has 1 heterocycles. The van der Waals surface area contributed by atoms with E-state index in [1.54, 1.807) is 30.3 Å². The number of allylic oxidation sites excluding steroid dienone is 1. The van der Waals surface area contributed by atoms with Crippen LogP contribution < -0.4 is 9.47 Å². The van der Waals surface area contributed by atoms with Gasteiger partial charge in [0.1, 0.15) is 23.9 Å². The molecule has 0 radical (unpaired) electrons. The van der Waals surface area contributed by atoms with E-state index in [0.29, 0.717) is 17.1 Å². The van der Waals surface area contributed by atoms with Crippen molar-refractivity contribution >= 4 is 27.8 Å². The van der Waals surface area contributed by atoms with Gasteiger partial charge in [0.05, 0.1) is 5.56 Å². The van der Waals surface area contributed by atoms with Crippen molar-refractivity contribution in [2.45, 2.75) is 13.5 Å². The molecule has 0 aliphatic carbocycles. The fraction of sp³-hybridized carbons (Fsp3) is 0.0870. The molecule has 3 aromatic rings. The second-order valence-corrected chi connectivity index (χ2v) is 7.35. The van der Waals surface area contributed by atoms with Crippen LogP contribution in [0, 0.1) is 12.7 Å². The summed E-state index contributed by atoms with van der Waals surface area (Å²) in [5.41, 5.74) is 2.90. The monoisotopic (exact) mass is 438 g/mol. The Morgan fingerprint density at radius 2 is 1.93 bits per heavy atom. The van der Waals surface area contributed by atoms with E-state index >= 15 is 0 Å². The largest absolute Gasteiger partial charge is 0.489 e. The van der Waals surface area contributed by atoms with Crippen LogP contribution in [0.2, 0.25) is 0 Å². The van der Waals surface area contributed by atoms with Gasteiger partial charge in [-0.2, -0.15) is 0 Å². The lowest BCUT2D eigenvalue weighted by molar-refractivity contribution is 0.101. The molecule has 1 aliphatic rings. The second kappa shape index (κ2) is 7.60. The molecule has 0 bridgehead atoms. The zero-order valence-electron chi connectivity index (χ0n) is 15.0. The minimum absolute atomic E-state index is 0.153. The van der Waals surface area contributed by atoms with Crippen LogP contribution in [-0.2, 0) is 6.61 Å². The first-order valence-electron chi connectivity index (χ1n) is 8.72. The summed E-state index contributed by atoms with van der Waals surface area (Å²) in [5, 5.41) is 0. The molecule has 0 saturated heterocycles. The maximum Gasteiger partial charge on any atom is 0.232 e. The van der Waals surface area contributed by atoms with Crippen molar-refractivity contribution in [1.82, 2.24) is 0 Å². The number of carbonyl (C=O) groups is 1. The van der Waals surface area contributed by atoms with E-state index in [1.807, 2.05) is 31.2 Å². The molecule has 1 aliphatic heterocycles. The zero-order valence-corrected chi connectivity index (χ0v) is 16.6. The minimum atomic E-state index is -0.304. The lowest BCUT2D eigenvalue weighted by atomic mass is 10.0. The van der Waals surface area contributed by atoms with Crippen LogP contribution in [0.4, 0.5) is 4.39 Å². The van der Waals surface area contributed by atoms with Gasteiger partial charge >= 0.3 is 0 Å². The number of ether oxygens (including phenoxy) is 2. The number of aryl methyl sites for hydroxylation is 1. The summed E-state index contributed by atoms with van der Waals surface area (Å²) in [6, 6.07) is 17.4. The number of hydrogen-bond donors (Lipinski definition) is 0. The van der Waals surface area contributed by atoms with E-state index in [9.17, 15) is 9.18 Å². The first kappa shape index (κ1) is 18.4. The molecule has 140 valence electrons. The maximum absolute atomic E-state index is 13.3. The molecule has 3 aromatic carbocycles. The average Bonchev–Trinajstić information content (AvgIpc) is 2.98. The van der Waals surface area contributed by atoms with Crippen molar-refractivity contribution in [3.05, 3.63) is 99.0 Å². The number of hydrogen-bond acceptors (Lipinski definition) is 3. The van der Waals surface area contributed by atoms with Crippen LogP contribution in [0.15, 0.2) is 70.9 Å². The standard InChI is InChI=1S/C23H16BrFO3/c1-14-9-18(27-13-15-5-4-7-17(25)10-15)12-20-22(14)23(26)21(28-20)11-16-6-2-3-8-19(16)24/h2-12H,13H2,1H3/b21-11-. The highest BCUT2D eigenvalue weighted by Gasteiger charge is 2.30. The third-order valence-corrected chi connectivity index (χ3v) is 5.15. The molecule has 28 heavy (non-hydrogen) atoms. The summed E-state index contributed by atoms with van der Waals surface area (Å²) < 4.78 is 25.8. The SMILES string of the molecule is Cc1cc(OCc2cccc(F)c2)cc2c1C(=O)/C(=C/c1ccccc1Br)O2. The summed E-state index contributed by atoms with van der Waals surface area (Å²) in [7, 11) is 0. The number of benzene rings is 3. The van der Waals surface area contributed by atoms with Gasteiger partial charge in [-0.25, -0.2) is 4.39 Å². The summed E-state index contributed by atoms with van der Waals surface area (Å²) in [6.45, 7) is 2.07. The van der Waals surface area contributed by atoms with E-state index < -0.39 is 0 Å². The molecular weight excluding hydrogens is 423 g/mol. The fourth-order valence-electron chi connectivity index (χ4n) is 3.09. The number of Topliss-reactive ketones (excluding diaryl/α,β-unsaturated/α-hetero) is 1. The summed E-state index contributed by atoms with van der Waals surface area (Å²) in [4.78, 5) is 12.8. The third-order valence-electron chi connectivity index (χ3n) is 4.43. The van der Waals surface area contributed by atoms with Gasteiger partial charge in [-0.3, -0.25) is 4.79 Å². The van der Waals surface area contributed by atoms with E-state index in [4.69, 9.17) is 9.47 Å². The Labute approximate surface area is 170 Å². The van der Waals surface area contributed by atoms with Gasteiger partial charge in [0, 0.05) is 10.5 Å². The summed E-state index contributed by atoms with van der Waals surface area (Å²) >= 11 is 3.47. The number of ketones is 1. The first-order valence-corrected chi connectivity index (χ1v) is 9.51. The van der Waals surface area contributed by atoms with Crippen LogP contribution >= 0.6 is 15.9 Å². The Hall–Kier alpha value is -2.92. The molecule has 5 heteroatoms. The maximum atomic E-state index is 13.3. The normalized spacial score (nSPS) is 14.1. The number of halogens is 2. The molecular formula is C23H16BrFO3. The number of rotatable bonds is 4. The van der Waals surface area contributed by atoms with Crippen molar-refractivity contribution in [2.75, 3.05) is 0 Å². The average molecular weight is 439 g/mol. The highest BCUT2D eigenvalue weighted by Crippen LogP contribution is 2.38. The highest BCUT2D eigenvalue weighted by molar-refractivity contribution is 9.10. The molecule has 3 nitrogen and oxygen atoms in total. The lowest BCUT2D eigenvalue weighted by Crippen LogP contribution is -2.00. The Kier molecular flexibility index (Phi) is 5.01. The van der Waals surface area contributed by atoms with Gasteiger partial charge in [-0.15, -0.1) is 0 Å². The van der Waals surface area contributed by atoms with E-state index in [-0.39, 0.29) is 24.0 Å². The number of carbonyl (C=O) groups excluding carboxylic acids is 1. The van der Waals surface area contributed by atoms with Crippen molar-refractivity contribution < 1.29 is 18.7 Å². The Morgan fingerprint density at radius 3 is 2.71 bits per heavy atom. The molecule has 0 saturated carbocycles. The van der Waals surface area contributed by atoms with Crippen molar-refractivity contribution in [3.8, 4) is 11.5 Å². The van der Waals surface area contributed by atoms with Gasteiger partial charge in [0.25, 0.3) is 0 Å². The molecule has 4 rings (SSSR count). The molecule has 0 spiro atoms. The lowest BCUT2D eigenvalue weighted by Gasteiger charge is -2.09. The van der Waals surface area contributed by atoms with Crippen LogP contribution in [-0.4, -0.2) is 5.78 Å². The van der Waals surface area contributed by atoms with Gasteiger partial charge in [0.15, 0.2) is 5.76 Å². The number of fused-ring (bicyclic) bond motifs is 1. The molecule has 0 N–H and O–H groups in total. The Bertz CT molecular complexity index is 1100. The predicted octanol–water partition coefficient (Wildman–Crippen LogP) is 6.09. The van der Waals surface area contributed by atoms with Gasteiger partial charge in [0.2, 0.25) is 5.78 Å².